The SMILES string of the molecule is O=[N+]([O-])c1cc(C(F)F)c(Br)cn1. The number of rotatable bonds is 2. The van der Waals surface area contributed by atoms with E-state index in [2.05, 4.69) is 20.9 Å². The summed E-state index contributed by atoms with van der Waals surface area (Å²) >= 11 is 2.82. The molecule has 4 nitrogen and oxygen atoms in total. The lowest BCUT2D eigenvalue weighted by Gasteiger charge is -2.00. The fraction of sp³-hybridized carbons (Fsp3) is 0.167. The van der Waals surface area contributed by atoms with Gasteiger partial charge in [-0.15, -0.1) is 0 Å². The van der Waals surface area contributed by atoms with Gasteiger partial charge in [0.1, 0.15) is 0 Å². The van der Waals surface area contributed by atoms with Gasteiger partial charge in [-0.2, -0.15) is 0 Å². The zero-order chi connectivity index (χ0) is 10.0. The van der Waals surface area contributed by atoms with Crippen LogP contribution in [0.5, 0.6) is 0 Å². The Bertz CT molecular complexity index is 345. The van der Waals surface area contributed by atoms with Crippen molar-refractivity contribution in [3.63, 3.8) is 0 Å². The standard InChI is InChI=1S/C6H3BrF2N2O2/c7-4-2-10-5(11(12)13)1-3(4)6(8)9/h1-2,6H. The summed E-state index contributed by atoms with van der Waals surface area (Å²) in [4.78, 5) is 12.7. The molecule has 0 atom stereocenters. The Kier molecular flexibility index (Phi) is 2.86. The summed E-state index contributed by atoms with van der Waals surface area (Å²) in [7, 11) is 0. The van der Waals surface area contributed by atoms with Crippen LogP contribution in [0.3, 0.4) is 0 Å². The van der Waals surface area contributed by atoms with Gasteiger partial charge in [-0.3, -0.25) is 0 Å². The van der Waals surface area contributed by atoms with Crippen molar-refractivity contribution in [2.75, 3.05) is 0 Å². The van der Waals surface area contributed by atoms with Gasteiger partial charge in [0.05, 0.1) is 4.47 Å². The summed E-state index contributed by atoms with van der Waals surface area (Å²) in [6.45, 7) is 0. The number of hydrogen-bond acceptors (Lipinski definition) is 3. The van der Waals surface area contributed by atoms with Crippen LogP contribution in [0.25, 0.3) is 0 Å². The van der Waals surface area contributed by atoms with Gasteiger partial charge in [-0.05, 0) is 25.8 Å². The Balaban J connectivity index is 3.19. The Morgan fingerprint density at radius 1 is 1.62 bits per heavy atom. The zero-order valence-corrected chi connectivity index (χ0v) is 7.66. The van der Waals surface area contributed by atoms with Gasteiger partial charge in [-0.1, -0.05) is 0 Å². The molecular weight excluding hydrogens is 250 g/mol. The van der Waals surface area contributed by atoms with Gasteiger partial charge in [0, 0.05) is 11.6 Å². The molecule has 1 aromatic rings. The van der Waals surface area contributed by atoms with E-state index in [4.69, 9.17) is 0 Å². The summed E-state index contributed by atoms with van der Waals surface area (Å²) in [5, 5.41) is 10.2. The second kappa shape index (κ2) is 3.73. The van der Waals surface area contributed by atoms with Crippen molar-refractivity contribution in [3.8, 4) is 0 Å². The fourth-order valence-electron chi connectivity index (χ4n) is 0.710. The molecule has 0 amide bonds. The third-order valence-electron chi connectivity index (χ3n) is 1.29. The van der Waals surface area contributed by atoms with Crippen molar-refractivity contribution in [1.29, 1.82) is 0 Å². The van der Waals surface area contributed by atoms with Crippen LogP contribution in [-0.2, 0) is 0 Å². The Hall–Kier alpha value is -1.11. The van der Waals surface area contributed by atoms with Gasteiger partial charge >= 0.3 is 5.82 Å². The second-order valence-corrected chi connectivity index (χ2v) is 2.98. The minimum Gasteiger partial charge on any atom is -0.358 e. The molecule has 0 N–H and O–H groups in total. The third-order valence-corrected chi connectivity index (χ3v) is 1.96. The molecule has 0 aromatic carbocycles. The molecule has 0 bridgehead atoms. The second-order valence-electron chi connectivity index (χ2n) is 2.12. The van der Waals surface area contributed by atoms with E-state index in [1.807, 2.05) is 0 Å². The predicted molar refractivity (Wildman–Crippen MR) is 43.5 cm³/mol. The number of pyridine rings is 1. The summed E-state index contributed by atoms with van der Waals surface area (Å²) in [6.07, 6.45) is -1.77. The summed E-state index contributed by atoms with van der Waals surface area (Å²) < 4.78 is 24.4. The number of aromatic nitrogens is 1. The van der Waals surface area contributed by atoms with E-state index < -0.39 is 22.7 Å². The first-order chi connectivity index (χ1) is 6.02. The third kappa shape index (κ3) is 2.18. The van der Waals surface area contributed by atoms with Crippen molar-refractivity contribution in [2.45, 2.75) is 6.43 Å². The van der Waals surface area contributed by atoms with Crippen LogP contribution < -0.4 is 0 Å². The minimum atomic E-state index is -2.75. The highest BCUT2D eigenvalue weighted by Gasteiger charge is 2.18. The van der Waals surface area contributed by atoms with E-state index in [1.54, 1.807) is 0 Å². The predicted octanol–water partition coefficient (Wildman–Crippen LogP) is 2.69. The lowest BCUT2D eigenvalue weighted by molar-refractivity contribution is -0.389. The number of hydrogen-bond donors (Lipinski definition) is 0. The number of alkyl halides is 2. The monoisotopic (exact) mass is 252 g/mol. The highest BCUT2D eigenvalue weighted by Crippen LogP contribution is 2.28. The molecule has 0 unspecified atom stereocenters. The molecular formula is C6H3BrF2N2O2. The topological polar surface area (TPSA) is 56.0 Å². The molecule has 0 spiro atoms. The van der Waals surface area contributed by atoms with Gasteiger partial charge in [-0.25, -0.2) is 8.78 Å². The van der Waals surface area contributed by atoms with Gasteiger partial charge < -0.3 is 10.1 Å². The van der Waals surface area contributed by atoms with E-state index in [-0.39, 0.29) is 4.47 Å². The average molecular weight is 253 g/mol. The molecule has 1 rings (SSSR count). The molecule has 0 aliphatic heterocycles. The van der Waals surface area contributed by atoms with E-state index >= 15 is 0 Å². The van der Waals surface area contributed by atoms with E-state index in [9.17, 15) is 18.9 Å². The van der Waals surface area contributed by atoms with Crippen LogP contribution in [0.4, 0.5) is 14.6 Å². The van der Waals surface area contributed by atoms with Crippen molar-refractivity contribution >= 4 is 21.7 Å². The summed E-state index contributed by atoms with van der Waals surface area (Å²) in [6, 6.07) is 0.745. The molecule has 1 heterocycles. The molecule has 1 aromatic heterocycles. The normalized spacial score (nSPS) is 10.5. The van der Waals surface area contributed by atoms with Gasteiger partial charge in [0.15, 0.2) is 6.20 Å². The van der Waals surface area contributed by atoms with Gasteiger partial charge in [0.2, 0.25) is 0 Å². The smallest absolute Gasteiger partial charge is 0.358 e. The van der Waals surface area contributed by atoms with Crippen LogP contribution in [0, 0.1) is 10.1 Å². The lowest BCUT2D eigenvalue weighted by atomic mass is 10.3. The minimum absolute atomic E-state index is 0.0631. The summed E-state index contributed by atoms with van der Waals surface area (Å²) in [5.74, 6) is -0.585. The average Bonchev–Trinajstić information content (AvgIpc) is 2.04. The maximum Gasteiger partial charge on any atom is 0.363 e. The number of nitrogens with zero attached hydrogens (tertiary/aromatic N) is 2. The molecule has 0 fully saturated rings. The largest absolute Gasteiger partial charge is 0.363 e. The Labute approximate surface area is 79.9 Å². The molecule has 0 radical (unpaired) electrons. The molecule has 7 heteroatoms. The number of halogens is 3. The van der Waals surface area contributed by atoms with E-state index in [0.29, 0.717) is 0 Å². The van der Waals surface area contributed by atoms with Crippen LogP contribution in [0.1, 0.15) is 12.0 Å². The van der Waals surface area contributed by atoms with Crippen molar-refractivity contribution in [2.24, 2.45) is 0 Å². The molecule has 13 heavy (non-hydrogen) atoms. The molecule has 0 saturated carbocycles. The maximum atomic E-state index is 12.2. The molecule has 0 saturated heterocycles. The molecule has 70 valence electrons. The summed E-state index contributed by atoms with van der Waals surface area (Å²) in [5.41, 5.74) is -0.429. The first-order valence-electron chi connectivity index (χ1n) is 3.10. The zero-order valence-electron chi connectivity index (χ0n) is 6.08. The first-order valence-corrected chi connectivity index (χ1v) is 3.89. The van der Waals surface area contributed by atoms with Crippen molar-refractivity contribution < 1.29 is 13.7 Å². The Morgan fingerprint density at radius 3 is 2.69 bits per heavy atom. The maximum absolute atomic E-state index is 12.2. The van der Waals surface area contributed by atoms with E-state index in [0.717, 1.165) is 12.3 Å². The van der Waals surface area contributed by atoms with Crippen LogP contribution in [0.2, 0.25) is 0 Å². The number of nitro groups is 1. The van der Waals surface area contributed by atoms with Crippen LogP contribution >= 0.6 is 15.9 Å². The van der Waals surface area contributed by atoms with Crippen LogP contribution in [0.15, 0.2) is 16.7 Å². The molecule has 0 aliphatic carbocycles. The van der Waals surface area contributed by atoms with Crippen molar-refractivity contribution in [3.05, 3.63) is 32.4 Å². The Morgan fingerprint density at radius 2 is 2.23 bits per heavy atom. The highest BCUT2D eigenvalue weighted by atomic mass is 79.9. The fourth-order valence-corrected chi connectivity index (χ4v) is 1.10. The molecule has 0 aliphatic rings. The van der Waals surface area contributed by atoms with Gasteiger partial charge in [0.25, 0.3) is 6.43 Å². The van der Waals surface area contributed by atoms with E-state index in [1.165, 1.54) is 0 Å². The van der Waals surface area contributed by atoms with Crippen molar-refractivity contribution in [1.82, 2.24) is 4.98 Å². The highest BCUT2D eigenvalue weighted by molar-refractivity contribution is 9.10. The quantitative estimate of drug-likeness (QED) is 0.601. The first kappa shape index (κ1) is 9.97. The van der Waals surface area contributed by atoms with Crippen LogP contribution in [-0.4, -0.2) is 9.91 Å². The lowest BCUT2D eigenvalue weighted by Crippen LogP contribution is -1.95.